The summed E-state index contributed by atoms with van der Waals surface area (Å²) < 4.78 is 6.14. The fourth-order valence-electron chi connectivity index (χ4n) is 5.67. The average molecular weight is 581 g/mol. The number of fused-ring (bicyclic) bond motifs is 1. The van der Waals surface area contributed by atoms with Crippen LogP contribution in [0.2, 0.25) is 0 Å². The number of rotatable bonds is 8. The second-order valence-electron chi connectivity index (χ2n) is 10.9. The minimum Gasteiger partial charge on any atom is -0.489 e. The number of imide groups is 1. The van der Waals surface area contributed by atoms with Gasteiger partial charge in [0, 0.05) is 50.4 Å². The molecule has 1 N–H and O–H groups in total. The number of hydrogen-bond acceptors (Lipinski definition) is 9. The highest BCUT2D eigenvalue weighted by molar-refractivity contribution is 6.00. The first-order valence-electron chi connectivity index (χ1n) is 14.4. The van der Waals surface area contributed by atoms with Crippen molar-refractivity contribution < 1.29 is 24.0 Å². The maximum atomic E-state index is 12.9. The lowest BCUT2D eigenvalue weighted by Crippen LogP contribution is -2.47. The van der Waals surface area contributed by atoms with Gasteiger partial charge in [0.15, 0.2) is 6.10 Å². The Morgan fingerprint density at radius 1 is 1.05 bits per heavy atom. The van der Waals surface area contributed by atoms with Crippen LogP contribution in [0.3, 0.4) is 0 Å². The van der Waals surface area contributed by atoms with Crippen LogP contribution in [0, 0.1) is 11.3 Å². The minimum atomic E-state index is -0.885. The molecule has 4 heterocycles. The van der Waals surface area contributed by atoms with E-state index < -0.39 is 12.0 Å². The Bertz CT molecular complexity index is 1560. The van der Waals surface area contributed by atoms with Gasteiger partial charge < -0.3 is 9.64 Å². The molecule has 3 aromatic rings. The zero-order valence-corrected chi connectivity index (χ0v) is 23.9. The molecule has 1 aromatic heterocycles. The smallest absolute Gasteiger partial charge is 0.278 e. The molecular formula is C32H32N6O5. The highest BCUT2D eigenvalue weighted by atomic mass is 16.7. The summed E-state index contributed by atoms with van der Waals surface area (Å²) in [6.07, 6.45) is 1.14. The molecule has 1 unspecified atom stereocenters. The molecule has 2 fully saturated rings. The van der Waals surface area contributed by atoms with Crippen LogP contribution in [0.15, 0.2) is 60.8 Å². The Balaban J connectivity index is 1.02. The molecule has 3 aliphatic rings. The van der Waals surface area contributed by atoms with Crippen molar-refractivity contribution in [3.8, 4) is 11.8 Å². The van der Waals surface area contributed by atoms with E-state index in [0.717, 1.165) is 37.6 Å². The van der Waals surface area contributed by atoms with E-state index in [2.05, 4.69) is 57.4 Å². The fourth-order valence-corrected chi connectivity index (χ4v) is 5.67. The Hall–Kier alpha value is -4.79. The number of hydrogen-bond donors (Lipinski definition) is 1. The van der Waals surface area contributed by atoms with Gasteiger partial charge in [0.25, 0.3) is 11.8 Å². The number of aromatic nitrogens is 1. The number of piperazine rings is 1. The molecule has 2 atom stereocenters. The maximum Gasteiger partial charge on any atom is 0.278 e. The normalized spacial score (nSPS) is 19.5. The predicted octanol–water partition coefficient (Wildman–Crippen LogP) is 3.11. The molecule has 220 valence electrons. The van der Waals surface area contributed by atoms with Crippen molar-refractivity contribution in [2.45, 2.75) is 45.1 Å². The standard InChI is InChI=1S/C32H32N6O5/c1-21(36-13-15-37(16-14-36)29-11-7-23(17-33)18-34-29)24-8-5-22(6-9-24)20-42-27-4-2-3-25-26(27)19-38(32(25)41)43-28-10-12-30(39)35-31(28)40/h2-9,11,18,21,28H,10,12-16,19-20H2,1H3,(H,35,39,40)/t21-,28?/m1/s1. The Kier molecular flexibility index (Phi) is 8.05. The van der Waals surface area contributed by atoms with Crippen molar-refractivity contribution in [2.75, 3.05) is 31.1 Å². The van der Waals surface area contributed by atoms with E-state index in [9.17, 15) is 14.4 Å². The fraction of sp³-hybridized carbons (Fsp3) is 0.344. The molecular weight excluding hydrogens is 548 g/mol. The van der Waals surface area contributed by atoms with E-state index >= 15 is 0 Å². The van der Waals surface area contributed by atoms with Crippen molar-refractivity contribution >= 4 is 23.5 Å². The molecule has 6 rings (SSSR count). The zero-order chi connectivity index (χ0) is 29.9. The third-order valence-corrected chi connectivity index (χ3v) is 8.25. The largest absolute Gasteiger partial charge is 0.489 e. The number of benzene rings is 2. The molecule has 0 spiro atoms. The summed E-state index contributed by atoms with van der Waals surface area (Å²) >= 11 is 0. The molecule has 3 amide bonds. The Morgan fingerprint density at radius 3 is 2.53 bits per heavy atom. The average Bonchev–Trinajstić information content (AvgIpc) is 3.36. The molecule has 2 aromatic carbocycles. The van der Waals surface area contributed by atoms with E-state index in [1.54, 1.807) is 24.4 Å². The predicted molar refractivity (Wildman–Crippen MR) is 155 cm³/mol. The van der Waals surface area contributed by atoms with Crippen LogP contribution in [-0.2, 0) is 27.6 Å². The lowest BCUT2D eigenvalue weighted by atomic mass is 10.0. The van der Waals surface area contributed by atoms with Crippen LogP contribution in [0.1, 0.15) is 58.4 Å². The van der Waals surface area contributed by atoms with E-state index in [4.69, 9.17) is 14.8 Å². The monoisotopic (exact) mass is 580 g/mol. The van der Waals surface area contributed by atoms with Gasteiger partial charge in [-0.05, 0) is 48.7 Å². The highest BCUT2D eigenvalue weighted by Crippen LogP contribution is 2.33. The van der Waals surface area contributed by atoms with Gasteiger partial charge in [-0.2, -0.15) is 5.26 Å². The van der Waals surface area contributed by atoms with Gasteiger partial charge in [0.2, 0.25) is 5.91 Å². The van der Waals surface area contributed by atoms with Crippen molar-refractivity contribution in [1.82, 2.24) is 20.3 Å². The number of nitrogens with zero attached hydrogens (tertiary/aromatic N) is 5. The van der Waals surface area contributed by atoms with Crippen molar-refractivity contribution in [1.29, 1.82) is 5.26 Å². The van der Waals surface area contributed by atoms with E-state index in [0.29, 0.717) is 29.0 Å². The number of nitriles is 1. The summed E-state index contributed by atoms with van der Waals surface area (Å²) in [5, 5.41) is 12.4. The van der Waals surface area contributed by atoms with E-state index in [1.165, 1.54) is 10.6 Å². The van der Waals surface area contributed by atoms with Gasteiger partial charge >= 0.3 is 0 Å². The SMILES string of the molecule is C[C@H](c1ccc(COc2cccc3c2CN(OC2CCC(=O)NC2=O)C3=O)cc1)N1CCN(c2ccc(C#N)cn2)CC1. The summed E-state index contributed by atoms with van der Waals surface area (Å²) in [6, 6.07) is 19.8. The number of piperidine rings is 1. The van der Waals surface area contributed by atoms with E-state index in [-0.39, 0.29) is 37.2 Å². The number of hydroxylamine groups is 2. The molecule has 2 saturated heterocycles. The molecule has 11 heteroatoms. The van der Waals surface area contributed by atoms with Gasteiger partial charge in [-0.1, -0.05) is 30.3 Å². The number of pyridine rings is 1. The maximum absolute atomic E-state index is 12.9. The van der Waals surface area contributed by atoms with Gasteiger partial charge in [-0.3, -0.25) is 29.4 Å². The molecule has 11 nitrogen and oxygen atoms in total. The van der Waals surface area contributed by atoms with Gasteiger partial charge in [-0.15, -0.1) is 0 Å². The van der Waals surface area contributed by atoms with Gasteiger partial charge in [-0.25, -0.2) is 10.0 Å². The van der Waals surface area contributed by atoms with Crippen molar-refractivity contribution in [3.63, 3.8) is 0 Å². The van der Waals surface area contributed by atoms with Crippen molar-refractivity contribution in [3.05, 3.63) is 88.6 Å². The summed E-state index contributed by atoms with van der Waals surface area (Å²) in [5.41, 5.74) is 3.98. The number of carbonyl (C=O) groups is 3. The first-order valence-corrected chi connectivity index (χ1v) is 14.4. The summed E-state index contributed by atoms with van der Waals surface area (Å²) in [7, 11) is 0. The Labute approximate surface area is 249 Å². The van der Waals surface area contributed by atoms with Crippen LogP contribution in [0.25, 0.3) is 0 Å². The second-order valence-corrected chi connectivity index (χ2v) is 10.9. The van der Waals surface area contributed by atoms with Gasteiger partial charge in [0.05, 0.1) is 17.7 Å². The second kappa shape index (κ2) is 12.2. The molecule has 0 bridgehead atoms. The lowest BCUT2D eigenvalue weighted by Gasteiger charge is -2.38. The third-order valence-electron chi connectivity index (χ3n) is 8.25. The molecule has 0 radical (unpaired) electrons. The van der Waals surface area contributed by atoms with Crippen LogP contribution in [0.4, 0.5) is 5.82 Å². The first kappa shape index (κ1) is 28.3. The minimum absolute atomic E-state index is 0.160. The topological polar surface area (TPSA) is 128 Å². The molecule has 3 aliphatic heterocycles. The quantitative estimate of drug-likeness (QED) is 0.400. The highest BCUT2D eigenvalue weighted by Gasteiger charge is 2.36. The lowest BCUT2D eigenvalue weighted by molar-refractivity contribution is -0.183. The Morgan fingerprint density at radius 2 is 1.84 bits per heavy atom. The number of anilines is 1. The number of nitrogens with one attached hydrogen (secondary N) is 1. The van der Waals surface area contributed by atoms with E-state index in [1.807, 2.05) is 12.1 Å². The molecule has 0 aliphatic carbocycles. The van der Waals surface area contributed by atoms with Crippen LogP contribution < -0.4 is 15.0 Å². The summed E-state index contributed by atoms with van der Waals surface area (Å²) in [4.78, 5) is 51.3. The number of amides is 3. The van der Waals surface area contributed by atoms with Crippen LogP contribution in [0.5, 0.6) is 5.75 Å². The zero-order valence-electron chi connectivity index (χ0n) is 23.9. The summed E-state index contributed by atoms with van der Waals surface area (Å²) in [5.74, 6) is 0.288. The third kappa shape index (κ3) is 6.07. The summed E-state index contributed by atoms with van der Waals surface area (Å²) in [6.45, 7) is 6.28. The van der Waals surface area contributed by atoms with Crippen molar-refractivity contribution in [2.24, 2.45) is 0 Å². The molecule has 0 saturated carbocycles. The molecule has 43 heavy (non-hydrogen) atoms. The van der Waals surface area contributed by atoms with Crippen LogP contribution >= 0.6 is 0 Å². The van der Waals surface area contributed by atoms with Crippen LogP contribution in [-0.4, -0.2) is 65.0 Å². The van der Waals surface area contributed by atoms with Gasteiger partial charge in [0.1, 0.15) is 24.2 Å². The first-order chi connectivity index (χ1) is 20.9. The number of ether oxygens (including phenoxy) is 1. The number of carbonyl (C=O) groups excluding carboxylic acids is 3.